The molecule has 0 bridgehead atoms. The van der Waals surface area contributed by atoms with Gasteiger partial charge in [0.2, 0.25) is 10.0 Å². The number of alkyl halides is 3. The first kappa shape index (κ1) is 27.9. The Bertz CT molecular complexity index is 813. The van der Waals surface area contributed by atoms with Gasteiger partial charge < -0.3 is 10.6 Å². The van der Waals surface area contributed by atoms with E-state index in [9.17, 15) is 21.6 Å². The molecule has 7 nitrogen and oxygen atoms in total. The Balaban J connectivity index is 0.00000480. The third kappa shape index (κ3) is 10.8. The van der Waals surface area contributed by atoms with Crippen LogP contribution in [-0.4, -0.2) is 64.3 Å². The lowest BCUT2D eigenvalue weighted by Crippen LogP contribution is -2.48. The number of hydrogen-bond donors (Lipinski definition) is 3. The SMILES string of the molecule is CCNC(=NCCNS(C)(=O)=O)NC1CCN(Cc2cccc(C(F)(F)F)c2)CC1.I. The van der Waals surface area contributed by atoms with Gasteiger partial charge in [0, 0.05) is 38.8 Å². The third-order valence-corrected chi connectivity index (χ3v) is 5.41. The normalized spacial score (nSPS) is 16.6. The van der Waals surface area contributed by atoms with Crippen molar-refractivity contribution in [3.05, 3.63) is 35.4 Å². The van der Waals surface area contributed by atoms with Crippen LogP contribution in [0.25, 0.3) is 0 Å². The highest BCUT2D eigenvalue weighted by molar-refractivity contribution is 14.0. The molecule has 0 unspecified atom stereocenters. The van der Waals surface area contributed by atoms with Gasteiger partial charge in [-0.1, -0.05) is 18.2 Å². The Morgan fingerprint density at radius 3 is 2.52 bits per heavy atom. The fraction of sp³-hybridized carbons (Fsp3) is 0.632. The van der Waals surface area contributed by atoms with Crippen molar-refractivity contribution in [2.45, 2.75) is 38.5 Å². The van der Waals surface area contributed by atoms with Crippen molar-refractivity contribution in [1.82, 2.24) is 20.3 Å². The fourth-order valence-corrected chi connectivity index (χ4v) is 3.71. The molecule has 0 spiro atoms. The minimum atomic E-state index is -4.33. The standard InChI is InChI=1S/C19H30F3N5O2S.HI/c1-3-23-18(24-9-10-25-30(2,28)29)26-17-7-11-27(12-8-17)14-15-5-4-6-16(13-15)19(20,21)22;/h4-6,13,17,25H,3,7-12,14H2,1-2H3,(H2,23,24,26);1H. The van der Waals surface area contributed by atoms with Gasteiger partial charge in [0.15, 0.2) is 5.96 Å². The maximum absolute atomic E-state index is 12.9. The third-order valence-electron chi connectivity index (χ3n) is 4.68. The lowest BCUT2D eigenvalue weighted by atomic mass is 10.0. The summed E-state index contributed by atoms with van der Waals surface area (Å²) in [7, 11) is -3.23. The number of benzene rings is 1. The Morgan fingerprint density at radius 1 is 1.26 bits per heavy atom. The Hall–Kier alpha value is -1.12. The van der Waals surface area contributed by atoms with Gasteiger partial charge in [0.05, 0.1) is 18.4 Å². The molecule has 1 aliphatic heterocycles. The molecule has 0 atom stereocenters. The summed E-state index contributed by atoms with van der Waals surface area (Å²) in [5.74, 6) is 0.629. The van der Waals surface area contributed by atoms with E-state index in [4.69, 9.17) is 0 Å². The van der Waals surface area contributed by atoms with E-state index in [2.05, 4.69) is 25.2 Å². The smallest absolute Gasteiger partial charge is 0.357 e. The van der Waals surface area contributed by atoms with Gasteiger partial charge in [-0.05, 0) is 31.4 Å². The van der Waals surface area contributed by atoms with E-state index in [1.54, 1.807) is 6.07 Å². The van der Waals surface area contributed by atoms with E-state index in [0.29, 0.717) is 31.2 Å². The first-order valence-corrected chi connectivity index (χ1v) is 11.8. The number of nitrogens with zero attached hydrogens (tertiary/aromatic N) is 2. The lowest BCUT2D eigenvalue weighted by molar-refractivity contribution is -0.137. The van der Waals surface area contributed by atoms with Gasteiger partial charge in [0.25, 0.3) is 0 Å². The van der Waals surface area contributed by atoms with E-state index in [1.165, 1.54) is 12.1 Å². The molecule has 1 aromatic carbocycles. The zero-order chi connectivity index (χ0) is 22.2. The van der Waals surface area contributed by atoms with E-state index >= 15 is 0 Å². The molecule has 0 aliphatic carbocycles. The minimum absolute atomic E-state index is 0. The number of halogens is 4. The van der Waals surface area contributed by atoms with Gasteiger partial charge in [-0.3, -0.25) is 9.89 Å². The van der Waals surface area contributed by atoms with Gasteiger partial charge >= 0.3 is 6.18 Å². The average molecular weight is 577 g/mol. The molecule has 178 valence electrons. The zero-order valence-electron chi connectivity index (χ0n) is 17.7. The predicted molar refractivity (Wildman–Crippen MR) is 127 cm³/mol. The zero-order valence-corrected chi connectivity index (χ0v) is 20.9. The van der Waals surface area contributed by atoms with Crippen LogP contribution in [0.2, 0.25) is 0 Å². The van der Waals surface area contributed by atoms with Gasteiger partial charge in [0.1, 0.15) is 0 Å². The second kappa shape index (κ2) is 12.8. The highest BCUT2D eigenvalue weighted by atomic mass is 127. The molecule has 2 rings (SSSR count). The second-order valence-corrected chi connectivity index (χ2v) is 9.15. The summed E-state index contributed by atoms with van der Waals surface area (Å²) in [5, 5.41) is 6.49. The van der Waals surface area contributed by atoms with Crippen molar-refractivity contribution in [2.24, 2.45) is 4.99 Å². The summed E-state index contributed by atoms with van der Waals surface area (Å²) in [4.78, 5) is 6.52. The molecule has 1 aromatic rings. The maximum Gasteiger partial charge on any atom is 0.416 e. The number of aliphatic imine (C=N–C) groups is 1. The molecule has 3 N–H and O–H groups in total. The monoisotopic (exact) mass is 577 g/mol. The van der Waals surface area contributed by atoms with Crippen LogP contribution >= 0.6 is 24.0 Å². The highest BCUT2D eigenvalue weighted by Crippen LogP contribution is 2.30. The Morgan fingerprint density at radius 2 is 1.94 bits per heavy atom. The summed E-state index contributed by atoms with van der Waals surface area (Å²) in [6.45, 7) is 5.19. The van der Waals surface area contributed by atoms with Crippen LogP contribution in [0.3, 0.4) is 0 Å². The number of rotatable bonds is 8. The molecule has 0 saturated carbocycles. The van der Waals surface area contributed by atoms with E-state index in [0.717, 1.165) is 38.3 Å². The average Bonchev–Trinajstić information content (AvgIpc) is 2.66. The fourth-order valence-electron chi connectivity index (χ4n) is 3.25. The predicted octanol–water partition coefficient (Wildman–Crippen LogP) is 2.39. The molecular formula is C19H31F3IN5O2S. The topological polar surface area (TPSA) is 85.8 Å². The van der Waals surface area contributed by atoms with Crippen molar-refractivity contribution in [1.29, 1.82) is 0 Å². The van der Waals surface area contributed by atoms with Crippen LogP contribution < -0.4 is 15.4 Å². The van der Waals surface area contributed by atoms with Crippen LogP contribution in [0, 0.1) is 0 Å². The summed E-state index contributed by atoms with van der Waals surface area (Å²) < 4.78 is 63.2. The van der Waals surface area contributed by atoms with Crippen LogP contribution in [0.4, 0.5) is 13.2 Å². The first-order valence-electron chi connectivity index (χ1n) is 9.95. The number of nitrogens with one attached hydrogen (secondary N) is 3. The molecule has 1 heterocycles. The molecule has 12 heteroatoms. The molecule has 0 aromatic heterocycles. The Kier molecular flexibility index (Phi) is 11.5. The summed E-state index contributed by atoms with van der Waals surface area (Å²) in [6, 6.07) is 5.67. The summed E-state index contributed by atoms with van der Waals surface area (Å²) in [6.07, 6.45) is -1.55. The van der Waals surface area contributed by atoms with Gasteiger partial charge in [-0.2, -0.15) is 13.2 Å². The van der Waals surface area contributed by atoms with Gasteiger partial charge in [-0.25, -0.2) is 13.1 Å². The van der Waals surface area contributed by atoms with E-state index < -0.39 is 21.8 Å². The molecule has 0 amide bonds. The lowest BCUT2D eigenvalue weighted by Gasteiger charge is -2.33. The first-order chi connectivity index (χ1) is 14.1. The van der Waals surface area contributed by atoms with Crippen molar-refractivity contribution >= 4 is 40.0 Å². The number of guanidine groups is 1. The highest BCUT2D eigenvalue weighted by Gasteiger charge is 2.30. The van der Waals surface area contributed by atoms with Crippen molar-refractivity contribution < 1.29 is 21.6 Å². The van der Waals surface area contributed by atoms with E-state index in [1.807, 2.05) is 6.92 Å². The minimum Gasteiger partial charge on any atom is -0.357 e. The molecule has 31 heavy (non-hydrogen) atoms. The Labute approximate surface area is 199 Å². The number of sulfonamides is 1. The molecule has 1 aliphatic rings. The molecule has 0 radical (unpaired) electrons. The van der Waals surface area contributed by atoms with Gasteiger partial charge in [-0.15, -0.1) is 24.0 Å². The van der Waals surface area contributed by atoms with Crippen LogP contribution in [0.5, 0.6) is 0 Å². The van der Waals surface area contributed by atoms with Crippen molar-refractivity contribution in [2.75, 3.05) is 39.0 Å². The second-order valence-electron chi connectivity index (χ2n) is 7.32. The quantitative estimate of drug-likeness (QED) is 0.191. The van der Waals surface area contributed by atoms with Crippen molar-refractivity contribution in [3.8, 4) is 0 Å². The maximum atomic E-state index is 12.9. The summed E-state index contributed by atoms with van der Waals surface area (Å²) in [5.41, 5.74) is 0.0397. The van der Waals surface area contributed by atoms with Crippen molar-refractivity contribution in [3.63, 3.8) is 0 Å². The molecular weight excluding hydrogens is 546 g/mol. The number of piperidine rings is 1. The van der Waals surface area contributed by atoms with Crippen LogP contribution in [-0.2, 0) is 22.7 Å². The van der Waals surface area contributed by atoms with E-state index in [-0.39, 0.29) is 36.6 Å². The number of likely N-dealkylation sites (tertiary alicyclic amines) is 1. The summed E-state index contributed by atoms with van der Waals surface area (Å²) >= 11 is 0. The molecule has 1 fully saturated rings. The van der Waals surface area contributed by atoms with Crippen LogP contribution in [0.15, 0.2) is 29.3 Å². The number of hydrogen-bond acceptors (Lipinski definition) is 4. The van der Waals surface area contributed by atoms with Crippen LogP contribution in [0.1, 0.15) is 30.9 Å². The largest absolute Gasteiger partial charge is 0.416 e. The molecule has 1 saturated heterocycles.